The Hall–Kier alpha value is -1.32. The van der Waals surface area contributed by atoms with Gasteiger partial charge in [-0.2, -0.15) is 4.99 Å². The Morgan fingerprint density at radius 3 is 2.75 bits per heavy atom. The topological polar surface area (TPSA) is 58.9 Å². The van der Waals surface area contributed by atoms with E-state index in [2.05, 4.69) is 20.9 Å². The monoisotopic (exact) mass is 283 g/mol. The first-order chi connectivity index (χ1) is 7.63. The fourth-order valence-corrected chi connectivity index (χ4v) is 2.40. The van der Waals surface area contributed by atoms with Crippen molar-refractivity contribution in [3.05, 3.63) is 22.2 Å². The van der Waals surface area contributed by atoms with Gasteiger partial charge in [-0.3, -0.25) is 0 Å². The molecule has 0 bridgehead atoms. The number of rotatable bonds is 3. The van der Waals surface area contributed by atoms with Gasteiger partial charge in [0.25, 0.3) is 0 Å². The Kier molecular flexibility index (Phi) is 2.74. The van der Waals surface area contributed by atoms with Gasteiger partial charge in [-0.15, -0.1) is 0 Å². The van der Waals surface area contributed by atoms with Crippen molar-refractivity contribution < 1.29 is 14.6 Å². The Morgan fingerprint density at radius 2 is 2.25 bits per heavy atom. The van der Waals surface area contributed by atoms with Crippen LogP contribution in [0.1, 0.15) is 18.4 Å². The molecule has 0 spiro atoms. The molecule has 1 aromatic carbocycles. The van der Waals surface area contributed by atoms with Crippen LogP contribution in [0, 0.1) is 0 Å². The van der Waals surface area contributed by atoms with Crippen molar-refractivity contribution in [2.24, 2.45) is 4.99 Å². The summed E-state index contributed by atoms with van der Waals surface area (Å²) in [5.74, 6) is 0.439. The van der Waals surface area contributed by atoms with Gasteiger partial charge in [0.15, 0.2) is 11.5 Å². The summed E-state index contributed by atoms with van der Waals surface area (Å²) in [5, 5.41) is 9.69. The van der Waals surface area contributed by atoms with E-state index in [1.165, 1.54) is 7.11 Å². The number of hydrogen-bond acceptors (Lipinski definition) is 4. The number of phenolic OH excluding ortho intramolecular Hbond substituents is 1. The Labute approximate surface area is 101 Å². The van der Waals surface area contributed by atoms with Crippen molar-refractivity contribution in [2.75, 3.05) is 7.11 Å². The molecule has 2 rings (SSSR count). The summed E-state index contributed by atoms with van der Waals surface area (Å²) < 4.78 is 5.76. The molecule has 5 heteroatoms. The van der Waals surface area contributed by atoms with Crippen LogP contribution in [0.3, 0.4) is 0 Å². The van der Waals surface area contributed by atoms with E-state index < -0.39 is 5.54 Å². The number of benzene rings is 1. The molecular weight excluding hydrogens is 274 g/mol. The molecule has 0 aromatic heterocycles. The molecule has 1 N–H and O–H groups in total. The zero-order chi connectivity index (χ0) is 11.8. The van der Waals surface area contributed by atoms with Gasteiger partial charge in [0, 0.05) is 4.47 Å². The van der Waals surface area contributed by atoms with Gasteiger partial charge in [-0.1, -0.05) is 15.9 Å². The summed E-state index contributed by atoms with van der Waals surface area (Å²) >= 11 is 3.39. The second-order valence-corrected chi connectivity index (χ2v) is 4.59. The summed E-state index contributed by atoms with van der Waals surface area (Å²) in [6.07, 6.45) is 3.18. The maximum atomic E-state index is 10.4. The summed E-state index contributed by atoms with van der Waals surface area (Å²) in [6, 6.07) is 3.25. The first kappa shape index (κ1) is 11.2. The predicted molar refractivity (Wildman–Crippen MR) is 61.4 cm³/mol. The van der Waals surface area contributed by atoms with Crippen LogP contribution < -0.4 is 4.74 Å². The van der Waals surface area contributed by atoms with Crippen molar-refractivity contribution in [1.82, 2.24) is 0 Å². The summed E-state index contributed by atoms with van der Waals surface area (Å²) in [4.78, 5) is 14.2. The quantitative estimate of drug-likeness (QED) is 0.685. The van der Waals surface area contributed by atoms with Gasteiger partial charge in [0.2, 0.25) is 6.08 Å². The molecule has 0 heterocycles. The molecule has 0 aliphatic heterocycles. The van der Waals surface area contributed by atoms with Gasteiger partial charge in [-0.05, 0) is 30.5 Å². The zero-order valence-corrected chi connectivity index (χ0v) is 10.2. The van der Waals surface area contributed by atoms with E-state index in [1.54, 1.807) is 18.2 Å². The molecule has 1 saturated carbocycles. The van der Waals surface area contributed by atoms with E-state index >= 15 is 0 Å². The van der Waals surface area contributed by atoms with E-state index in [0.29, 0.717) is 5.75 Å². The Bertz CT molecular complexity index is 476. The number of carbonyl (C=O) groups excluding carboxylic acids is 1. The highest BCUT2D eigenvalue weighted by Crippen LogP contribution is 2.53. The Morgan fingerprint density at radius 1 is 1.56 bits per heavy atom. The molecule has 4 nitrogen and oxygen atoms in total. The molecule has 1 fully saturated rings. The van der Waals surface area contributed by atoms with Crippen LogP contribution in [0.5, 0.6) is 11.5 Å². The molecule has 0 atom stereocenters. The minimum atomic E-state index is -0.496. The highest BCUT2D eigenvalue weighted by molar-refractivity contribution is 9.10. The zero-order valence-electron chi connectivity index (χ0n) is 8.66. The number of methoxy groups -OCH3 is 1. The van der Waals surface area contributed by atoms with E-state index in [9.17, 15) is 9.90 Å². The van der Waals surface area contributed by atoms with Crippen molar-refractivity contribution in [3.8, 4) is 11.5 Å². The van der Waals surface area contributed by atoms with Gasteiger partial charge >= 0.3 is 0 Å². The third-order valence-corrected chi connectivity index (χ3v) is 3.41. The van der Waals surface area contributed by atoms with Crippen LogP contribution in [0.15, 0.2) is 21.6 Å². The van der Waals surface area contributed by atoms with Crippen molar-refractivity contribution >= 4 is 22.0 Å². The van der Waals surface area contributed by atoms with E-state index in [1.807, 2.05) is 0 Å². The third-order valence-electron chi connectivity index (χ3n) is 2.75. The molecule has 0 radical (unpaired) electrons. The van der Waals surface area contributed by atoms with E-state index in [0.717, 1.165) is 22.9 Å². The molecule has 1 aromatic rings. The van der Waals surface area contributed by atoms with Crippen molar-refractivity contribution in [3.63, 3.8) is 0 Å². The van der Waals surface area contributed by atoms with Crippen LogP contribution in [-0.2, 0) is 10.3 Å². The molecular formula is C11H10BrNO3. The van der Waals surface area contributed by atoms with E-state index in [-0.39, 0.29) is 5.75 Å². The smallest absolute Gasteiger partial charge is 0.235 e. The van der Waals surface area contributed by atoms with Crippen molar-refractivity contribution in [2.45, 2.75) is 18.4 Å². The molecule has 16 heavy (non-hydrogen) atoms. The highest BCUT2D eigenvalue weighted by Gasteiger charge is 2.46. The van der Waals surface area contributed by atoms with Gasteiger partial charge in [0.1, 0.15) is 0 Å². The Balaban J connectivity index is 2.50. The summed E-state index contributed by atoms with van der Waals surface area (Å²) in [7, 11) is 1.48. The maximum absolute atomic E-state index is 10.4. The second kappa shape index (κ2) is 3.92. The number of ether oxygens (including phenoxy) is 1. The molecule has 0 amide bonds. The highest BCUT2D eigenvalue weighted by atomic mass is 79.9. The van der Waals surface area contributed by atoms with Crippen molar-refractivity contribution in [1.29, 1.82) is 0 Å². The number of aliphatic imine (C=N–C) groups is 1. The van der Waals surface area contributed by atoms with Gasteiger partial charge in [-0.25, -0.2) is 4.79 Å². The number of aromatic hydroxyl groups is 1. The van der Waals surface area contributed by atoms with Crippen LogP contribution >= 0.6 is 15.9 Å². The fraction of sp³-hybridized carbons (Fsp3) is 0.364. The first-order valence-electron chi connectivity index (χ1n) is 4.79. The molecule has 84 valence electrons. The number of hydrogen-bond donors (Lipinski definition) is 1. The molecule has 0 unspecified atom stereocenters. The SMILES string of the molecule is COc1cc(Br)c(C2(N=C=O)CC2)cc1O. The minimum absolute atomic E-state index is 0.0491. The van der Waals surface area contributed by atoms with E-state index in [4.69, 9.17) is 4.74 Å². The molecule has 0 saturated heterocycles. The number of halogens is 1. The average Bonchev–Trinajstić information content (AvgIpc) is 3.02. The molecule has 1 aliphatic carbocycles. The lowest BCUT2D eigenvalue weighted by molar-refractivity contribution is 0.372. The largest absolute Gasteiger partial charge is 0.504 e. The van der Waals surface area contributed by atoms with Crippen LogP contribution in [0.4, 0.5) is 0 Å². The van der Waals surface area contributed by atoms with Crippen LogP contribution in [-0.4, -0.2) is 18.3 Å². The number of isocyanates is 1. The van der Waals surface area contributed by atoms with Gasteiger partial charge < -0.3 is 9.84 Å². The standard InChI is InChI=1S/C11H10BrNO3/c1-16-10-5-8(12)7(4-9(10)15)11(2-3-11)13-6-14/h4-5,15H,2-3H2,1H3. The predicted octanol–water partition coefficient (Wildman–Crippen LogP) is 2.49. The lowest BCUT2D eigenvalue weighted by Gasteiger charge is -2.13. The lowest BCUT2D eigenvalue weighted by Crippen LogP contribution is -2.03. The normalized spacial score (nSPS) is 16.4. The summed E-state index contributed by atoms with van der Waals surface area (Å²) in [5.41, 5.74) is 0.304. The summed E-state index contributed by atoms with van der Waals surface area (Å²) in [6.45, 7) is 0. The molecule has 1 aliphatic rings. The third kappa shape index (κ3) is 1.72. The maximum Gasteiger partial charge on any atom is 0.235 e. The minimum Gasteiger partial charge on any atom is -0.504 e. The fourth-order valence-electron chi connectivity index (χ4n) is 1.71. The van der Waals surface area contributed by atoms with Crippen LogP contribution in [0.2, 0.25) is 0 Å². The number of nitrogens with zero attached hydrogens (tertiary/aromatic N) is 1. The lowest BCUT2D eigenvalue weighted by atomic mass is 10.0. The second-order valence-electron chi connectivity index (χ2n) is 3.74. The number of phenols is 1. The first-order valence-corrected chi connectivity index (χ1v) is 5.58. The van der Waals surface area contributed by atoms with Crippen LogP contribution in [0.25, 0.3) is 0 Å². The van der Waals surface area contributed by atoms with Gasteiger partial charge in [0.05, 0.1) is 12.6 Å². The average molecular weight is 284 g/mol.